The molecule has 0 spiro atoms. The quantitative estimate of drug-likeness (QED) is 0.362. The third-order valence-electron chi connectivity index (χ3n) is 1.91. The van der Waals surface area contributed by atoms with E-state index in [-0.39, 0.29) is 12.5 Å². The van der Waals surface area contributed by atoms with Gasteiger partial charge in [0.05, 0.1) is 18.8 Å². The Bertz CT molecular complexity index is 109. The maximum absolute atomic E-state index is 9.16. The number of aliphatic hydroxyl groups excluding tert-OH is 3. The van der Waals surface area contributed by atoms with E-state index in [0.29, 0.717) is 13.1 Å². The molecule has 1 aliphatic heterocycles. The molecule has 1 rings (SSSR count). The summed E-state index contributed by atoms with van der Waals surface area (Å²) in [4.78, 5) is 0. The fraction of sp³-hybridized carbons (Fsp3) is 1.00. The molecule has 1 saturated heterocycles. The van der Waals surface area contributed by atoms with Gasteiger partial charge in [0.25, 0.3) is 0 Å². The van der Waals surface area contributed by atoms with Crippen LogP contribution in [0.4, 0.5) is 0 Å². The summed E-state index contributed by atoms with van der Waals surface area (Å²) < 4.78 is 0. The van der Waals surface area contributed by atoms with Crippen LogP contribution >= 0.6 is 0 Å². The molecule has 0 aromatic carbocycles. The maximum Gasteiger partial charge on any atom is 0.0836 e. The van der Waals surface area contributed by atoms with E-state index >= 15 is 0 Å². The molecule has 4 nitrogen and oxygen atoms in total. The maximum atomic E-state index is 9.16. The summed E-state index contributed by atoms with van der Waals surface area (Å²) >= 11 is 0. The fourth-order valence-corrected chi connectivity index (χ4v) is 1.21. The highest BCUT2D eigenvalue weighted by molar-refractivity contribution is 4.84. The van der Waals surface area contributed by atoms with Gasteiger partial charge in [0.2, 0.25) is 0 Å². The molecule has 3 atom stereocenters. The molecule has 0 amide bonds. The van der Waals surface area contributed by atoms with Crippen molar-refractivity contribution in [3.63, 3.8) is 0 Å². The van der Waals surface area contributed by atoms with Crippen molar-refractivity contribution < 1.29 is 15.3 Å². The van der Waals surface area contributed by atoms with Crippen molar-refractivity contribution in [2.75, 3.05) is 19.7 Å². The van der Waals surface area contributed by atoms with Crippen LogP contribution in [-0.2, 0) is 0 Å². The number of rotatable bonds is 2. The standard InChI is InChI=1S/C6H13NO3/c8-3-6(10)4-1-7-2-5(4)9/h4-10H,1-3H2/t4-,5+,6+/m0/s1. The third kappa shape index (κ3) is 1.46. The smallest absolute Gasteiger partial charge is 0.0836 e. The Morgan fingerprint density at radius 1 is 1.50 bits per heavy atom. The minimum atomic E-state index is -0.787. The van der Waals surface area contributed by atoms with Gasteiger partial charge in [-0.15, -0.1) is 0 Å². The minimum absolute atomic E-state index is 0.204. The summed E-state index contributed by atoms with van der Waals surface area (Å²) in [6.45, 7) is 0.827. The van der Waals surface area contributed by atoms with Gasteiger partial charge in [-0.2, -0.15) is 0 Å². The van der Waals surface area contributed by atoms with E-state index in [9.17, 15) is 0 Å². The lowest BCUT2D eigenvalue weighted by Gasteiger charge is -2.17. The summed E-state index contributed by atoms with van der Waals surface area (Å²) in [7, 11) is 0. The Morgan fingerprint density at radius 3 is 2.60 bits per heavy atom. The van der Waals surface area contributed by atoms with Crippen LogP contribution in [0.2, 0.25) is 0 Å². The van der Waals surface area contributed by atoms with Crippen molar-refractivity contribution in [2.24, 2.45) is 5.92 Å². The second kappa shape index (κ2) is 3.30. The normalized spacial score (nSPS) is 36.3. The largest absolute Gasteiger partial charge is 0.394 e. The summed E-state index contributed by atoms with van der Waals surface area (Å²) in [5.41, 5.74) is 0. The Kier molecular flexibility index (Phi) is 2.62. The molecular weight excluding hydrogens is 134 g/mol. The SMILES string of the molecule is OC[C@@H](O)[C@H]1CNC[C@H]1O. The first-order valence-corrected chi connectivity index (χ1v) is 3.43. The molecule has 4 N–H and O–H groups in total. The summed E-state index contributed by atoms with van der Waals surface area (Å²) in [6, 6.07) is 0. The minimum Gasteiger partial charge on any atom is -0.394 e. The first-order valence-electron chi connectivity index (χ1n) is 3.43. The van der Waals surface area contributed by atoms with Crippen LogP contribution in [-0.4, -0.2) is 47.2 Å². The van der Waals surface area contributed by atoms with Crippen molar-refractivity contribution in [3.05, 3.63) is 0 Å². The summed E-state index contributed by atoms with van der Waals surface area (Å²) in [6.07, 6.45) is -1.30. The van der Waals surface area contributed by atoms with Crippen LogP contribution in [0.25, 0.3) is 0 Å². The van der Waals surface area contributed by atoms with Gasteiger partial charge in [0, 0.05) is 19.0 Å². The lowest BCUT2D eigenvalue weighted by atomic mass is 10.0. The van der Waals surface area contributed by atoms with Crippen LogP contribution in [0.15, 0.2) is 0 Å². The Labute approximate surface area is 59.5 Å². The van der Waals surface area contributed by atoms with E-state index in [1.54, 1.807) is 0 Å². The first kappa shape index (κ1) is 7.94. The highest BCUT2D eigenvalue weighted by Gasteiger charge is 2.30. The average Bonchev–Trinajstić information content (AvgIpc) is 2.34. The predicted octanol–water partition coefficient (Wildman–Crippen LogP) is -2.08. The molecule has 0 aromatic heterocycles. The number of β-amino-alcohol motifs (C(OH)–C–C–N with tert-alkyl or cyclic N) is 1. The number of aliphatic hydroxyl groups is 3. The van der Waals surface area contributed by atoms with Gasteiger partial charge in [-0.25, -0.2) is 0 Å². The second-order valence-corrected chi connectivity index (χ2v) is 2.64. The van der Waals surface area contributed by atoms with Crippen LogP contribution in [0.5, 0.6) is 0 Å². The predicted molar refractivity (Wildman–Crippen MR) is 35.5 cm³/mol. The van der Waals surface area contributed by atoms with Crippen molar-refractivity contribution in [3.8, 4) is 0 Å². The highest BCUT2D eigenvalue weighted by Crippen LogP contribution is 2.12. The molecule has 10 heavy (non-hydrogen) atoms. The number of hydrogen-bond acceptors (Lipinski definition) is 4. The van der Waals surface area contributed by atoms with Gasteiger partial charge < -0.3 is 20.6 Å². The molecule has 0 aromatic rings. The first-order chi connectivity index (χ1) is 4.75. The van der Waals surface area contributed by atoms with E-state index in [0.717, 1.165) is 0 Å². The molecule has 0 saturated carbocycles. The van der Waals surface area contributed by atoms with Crippen molar-refractivity contribution in [1.29, 1.82) is 0 Å². The molecule has 4 heteroatoms. The molecule has 0 bridgehead atoms. The monoisotopic (exact) mass is 147 g/mol. The van der Waals surface area contributed by atoms with E-state index in [4.69, 9.17) is 15.3 Å². The Hall–Kier alpha value is -0.160. The summed E-state index contributed by atoms with van der Waals surface area (Å²) in [5, 5.41) is 29.7. The van der Waals surface area contributed by atoms with Gasteiger partial charge in [0.1, 0.15) is 0 Å². The molecule has 1 heterocycles. The lowest BCUT2D eigenvalue weighted by Crippen LogP contribution is -2.32. The Balaban J connectivity index is 2.38. The van der Waals surface area contributed by atoms with Crippen molar-refractivity contribution in [1.82, 2.24) is 5.32 Å². The van der Waals surface area contributed by atoms with Gasteiger partial charge in [-0.1, -0.05) is 0 Å². The van der Waals surface area contributed by atoms with Gasteiger partial charge in [-0.3, -0.25) is 0 Å². The highest BCUT2D eigenvalue weighted by atomic mass is 16.3. The van der Waals surface area contributed by atoms with Crippen molar-refractivity contribution in [2.45, 2.75) is 12.2 Å². The Morgan fingerprint density at radius 2 is 2.20 bits per heavy atom. The lowest BCUT2D eigenvalue weighted by molar-refractivity contribution is 0.00704. The zero-order valence-electron chi connectivity index (χ0n) is 5.70. The third-order valence-corrected chi connectivity index (χ3v) is 1.91. The van der Waals surface area contributed by atoms with Gasteiger partial charge in [-0.05, 0) is 0 Å². The molecule has 1 aliphatic rings. The average molecular weight is 147 g/mol. The van der Waals surface area contributed by atoms with E-state index in [1.807, 2.05) is 0 Å². The topological polar surface area (TPSA) is 72.7 Å². The zero-order chi connectivity index (χ0) is 7.56. The molecule has 0 radical (unpaired) electrons. The molecular formula is C6H13NO3. The zero-order valence-corrected chi connectivity index (χ0v) is 5.70. The van der Waals surface area contributed by atoms with Gasteiger partial charge >= 0.3 is 0 Å². The molecule has 0 unspecified atom stereocenters. The fourth-order valence-electron chi connectivity index (χ4n) is 1.21. The van der Waals surface area contributed by atoms with E-state index < -0.39 is 12.2 Å². The van der Waals surface area contributed by atoms with Crippen molar-refractivity contribution >= 4 is 0 Å². The number of hydrogen-bond donors (Lipinski definition) is 4. The van der Waals surface area contributed by atoms with Crippen LogP contribution < -0.4 is 5.32 Å². The van der Waals surface area contributed by atoms with E-state index in [2.05, 4.69) is 5.32 Å². The molecule has 0 aliphatic carbocycles. The van der Waals surface area contributed by atoms with Crippen LogP contribution in [0.3, 0.4) is 0 Å². The van der Waals surface area contributed by atoms with Crippen LogP contribution in [0, 0.1) is 5.92 Å². The second-order valence-electron chi connectivity index (χ2n) is 2.64. The molecule has 1 fully saturated rings. The summed E-state index contributed by atoms with van der Waals surface area (Å²) in [5.74, 6) is -0.204. The van der Waals surface area contributed by atoms with Crippen LogP contribution in [0.1, 0.15) is 0 Å². The van der Waals surface area contributed by atoms with Gasteiger partial charge in [0.15, 0.2) is 0 Å². The molecule has 60 valence electrons. The number of nitrogens with one attached hydrogen (secondary N) is 1. The van der Waals surface area contributed by atoms with E-state index in [1.165, 1.54) is 0 Å².